The van der Waals surface area contributed by atoms with E-state index in [1.807, 2.05) is 48.5 Å². The van der Waals surface area contributed by atoms with Gasteiger partial charge in [0.25, 0.3) is 0 Å². The lowest BCUT2D eigenvalue weighted by Crippen LogP contribution is -2.01. The highest BCUT2D eigenvalue weighted by Crippen LogP contribution is 2.44. The van der Waals surface area contributed by atoms with E-state index in [1.165, 1.54) is 10.8 Å². The minimum absolute atomic E-state index is 0.603. The summed E-state index contributed by atoms with van der Waals surface area (Å²) in [5.41, 5.74) is 12.7. The fourth-order valence-corrected chi connectivity index (χ4v) is 7.93. The van der Waals surface area contributed by atoms with Crippen molar-refractivity contribution in [1.82, 2.24) is 14.1 Å². The molecule has 10 aromatic rings. The third-order valence-electron chi connectivity index (χ3n) is 10.1. The van der Waals surface area contributed by atoms with E-state index in [1.54, 1.807) is 0 Å². The molecule has 0 aliphatic rings. The topological polar surface area (TPSA) is 46.5 Å². The Labute approximate surface area is 300 Å². The van der Waals surface area contributed by atoms with Crippen molar-refractivity contribution in [1.29, 1.82) is 5.26 Å². The van der Waals surface area contributed by atoms with Gasteiger partial charge < -0.3 is 9.13 Å². The lowest BCUT2D eigenvalue weighted by molar-refractivity contribution is 1.17. The molecule has 52 heavy (non-hydrogen) atoms. The maximum atomic E-state index is 10.8. The molecular formula is C48H30N4. The zero-order valence-corrected chi connectivity index (χ0v) is 28.1. The Kier molecular flexibility index (Phi) is 6.84. The smallest absolute Gasteiger partial charge is 0.0998 e. The standard InChI is InChI=1S/C48H30N4/c49-31-34-19-14-26-44(46(34)35-29-40(32-15-4-1-5-16-32)50-41(30-35)33-17-6-2-7-18-33)52-42-24-12-10-22-37(42)38-27-28-45-47(48(38)52)39-23-11-13-25-43(39)51(45)36-20-8-3-9-21-36/h1-30H. The second-order valence-corrected chi connectivity index (χ2v) is 13.1. The van der Waals surface area contributed by atoms with Crippen LogP contribution in [0.3, 0.4) is 0 Å². The van der Waals surface area contributed by atoms with Gasteiger partial charge in [0, 0.05) is 43.9 Å². The molecule has 10 rings (SSSR count). The predicted molar refractivity (Wildman–Crippen MR) is 214 cm³/mol. The van der Waals surface area contributed by atoms with E-state index in [9.17, 15) is 5.26 Å². The second kappa shape index (κ2) is 12.0. The highest BCUT2D eigenvalue weighted by Gasteiger charge is 2.23. The lowest BCUT2D eigenvalue weighted by atomic mass is 9.95. The lowest BCUT2D eigenvalue weighted by Gasteiger charge is -2.18. The Balaban J connectivity index is 1.35. The molecule has 4 nitrogen and oxygen atoms in total. The van der Waals surface area contributed by atoms with Crippen LogP contribution in [0.25, 0.3) is 88.6 Å². The number of hydrogen-bond donors (Lipinski definition) is 0. The SMILES string of the molecule is N#Cc1cccc(-n2c3ccccc3c3ccc4c(c5ccccc5n4-c4ccccc4)c32)c1-c1cc(-c2ccccc2)nc(-c2ccccc2)c1. The maximum absolute atomic E-state index is 10.8. The zero-order valence-electron chi connectivity index (χ0n) is 28.1. The molecule has 0 unspecified atom stereocenters. The van der Waals surface area contributed by atoms with E-state index in [2.05, 4.69) is 149 Å². The van der Waals surface area contributed by atoms with Gasteiger partial charge in [-0.15, -0.1) is 0 Å². The van der Waals surface area contributed by atoms with E-state index in [0.29, 0.717) is 5.56 Å². The van der Waals surface area contributed by atoms with E-state index in [-0.39, 0.29) is 0 Å². The summed E-state index contributed by atoms with van der Waals surface area (Å²) >= 11 is 0. The summed E-state index contributed by atoms with van der Waals surface area (Å²) in [4.78, 5) is 5.16. The number of nitrogens with zero attached hydrogens (tertiary/aromatic N) is 4. The summed E-state index contributed by atoms with van der Waals surface area (Å²) in [6, 6.07) is 65.8. The molecule has 0 spiro atoms. The van der Waals surface area contributed by atoms with Gasteiger partial charge in [-0.1, -0.05) is 127 Å². The fourth-order valence-electron chi connectivity index (χ4n) is 7.93. The first-order valence-corrected chi connectivity index (χ1v) is 17.5. The van der Waals surface area contributed by atoms with Gasteiger partial charge in [-0.3, -0.25) is 0 Å². The van der Waals surface area contributed by atoms with Crippen molar-refractivity contribution in [2.24, 2.45) is 0 Å². The van der Waals surface area contributed by atoms with Crippen molar-refractivity contribution in [3.63, 3.8) is 0 Å². The van der Waals surface area contributed by atoms with Crippen LogP contribution in [0.4, 0.5) is 0 Å². The van der Waals surface area contributed by atoms with E-state index in [0.717, 1.165) is 77.9 Å². The third-order valence-corrected chi connectivity index (χ3v) is 10.1. The number of para-hydroxylation sites is 3. The van der Waals surface area contributed by atoms with Gasteiger partial charge in [-0.25, -0.2) is 4.98 Å². The molecule has 0 aliphatic heterocycles. The zero-order chi connectivity index (χ0) is 34.6. The number of aromatic nitrogens is 3. The highest BCUT2D eigenvalue weighted by molar-refractivity contribution is 6.26. The summed E-state index contributed by atoms with van der Waals surface area (Å²) in [6.07, 6.45) is 0. The average molecular weight is 663 g/mol. The van der Waals surface area contributed by atoms with Crippen LogP contribution in [-0.2, 0) is 0 Å². The Morgan fingerprint density at radius 3 is 1.67 bits per heavy atom. The Morgan fingerprint density at radius 2 is 1.02 bits per heavy atom. The number of pyridine rings is 1. The number of nitriles is 1. The molecule has 0 saturated heterocycles. The summed E-state index contributed by atoms with van der Waals surface area (Å²) in [5.74, 6) is 0. The molecule has 0 amide bonds. The van der Waals surface area contributed by atoms with Crippen LogP contribution in [0, 0.1) is 11.3 Å². The van der Waals surface area contributed by atoms with Crippen LogP contribution in [0.1, 0.15) is 5.56 Å². The van der Waals surface area contributed by atoms with Crippen LogP contribution < -0.4 is 0 Å². The largest absolute Gasteiger partial charge is 0.309 e. The van der Waals surface area contributed by atoms with Gasteiger partial charge >= 0.3 is 0 Å². The average Bonchev–Trinajstić information content (AvgIpc) is 3.74. The maximum Gasteiger partial charge on any atom is 0.0998 e. The number of rotatable bonds is 5. The van der Waals surface area contributed by atoms with Gasteiger partial charge in [0.1, 0.15) is 0 Å². The summed E-state index contributed by atoms with van der Waals surface area (Å²) < 4.78 is 4.75. The Bertz CT molecular complexity index is 2940. The molecule has 0 fully saturated rings. The van der Waals surface area contributed by atoms with Crippen LogP contribution in [0.5, 0.6) is 0 Å². The Morgan fingerprint density at radius 1 is 0.442 bits per heavy atom. The molecular weight excluding hydrogens is 633 g/mol. The minimum atomic E-state index is 0.603. The van der Waals surface area contributed by atoms with Gasteiger partial charge in [0.05, 0.1) is 50.8 Å². The van der Waals surface area contributed by atoms with E-state index in [4.69, 9.17) is 4.98 Å². The first-order chi connectivity index (χ1) is 25.8. The van der Waals surface area contributed by atoms with E-state index < -0.39 is 0 Å². The van der Waals surface area contributed by atoms with Crippen molar-refractivity contribution < 1.29 is 0 Å². The van der Waals surface area contributed by atoms with Crippen molar-refractivity contribution in [2.45, 2.75) is 0 Å². The fraction of sp³-hybridized carbons (Fsp3) is 0. The summed E-state index contributed by atoms with van der Waals surface area (Å²) in [7, 11) is 0. The molecule has 0 radical (unpaired) electrons. The van der Waals surface area contributed by atoms with Crippen LogP contribution in [-0.4, -0.2) is 14.1 Å². The van der Waals surface area contributed by atoms with Crippen molar-refractivity contribution >= 4 is 43.6 Å². The monoisotopic (exact) mass is 662 g/mol. The molecule has 7 aromatic carbocycles. The van der Waals surface area contributed by atoms with Crippen molar-refractivity contribution in [2.75, 3.05) is 0 Å². The van der Waals surface area contributed by atoms with Gasteiger partial charge in [-0.2, -0.15) is 5.26 Å². The molecule has 0 aliphatic carbocycles. The summed E-state index contributed by atoms with van der Waals surface area (Å²) in [6.45, 7) is 0. The molecule has 0 N–H and O–H groups in total. The second-order valence-electron chi connectivity index (χ2n) is 13.1. The van der Waals surface area contributed by atoms with Crippen molar-refractivity contribution in [3.8, 4) is 51.1 Å². The third kappa shape index (κ3) is 4.57. The van der Waals surface area contributed by atoms with Gasteiger partial charge in [-0.05, 0) is 60.2 Å². The van der Waals surface area contributed by atoms with Crippen LogP contribution in [0.2, 0.25) is 0 Å². The molecule has 0 bridgehead atoms. The molecule has 4 heteroatoms. The van der Waals surface area contributed by atoms with Gasteiger partial charge in [0.15, 0.2) is 0 Å². The first kappa shape index (κ1) is 29.7. The Hall–Kier alpha value is -7.22. The molecule has 242 valence electrons. The predicted octanol–water partition coefficient (Wildman–Crippen LogP) is 12.1. The van der Waals surface area contributed by atoms with Crippen LogP contribution in [0.15, 0.2) is 182 Å². The molecule has 0 saturated carbocycles. The first-order valence-electron chi connectivity index (χ1n) is 17.5. The number of fused-ring (bicyclic) bond motifs is 7. The number of benzene rings is 7. The van der Waals surface area contributed by atoms with Crippen LogP contribution >= 0.6 is 0 Å². The molecule has 0 atom stereocenters. The normalized spacial score (nSPS) is 11.4. The quantitative estimate of drug-likeness (QED) is 0.184. The van der Waals surface area contributed by atoms with Crippen molar-refractivity contribution in [3.05, 3.63) is 188 Å². The van der Waals surface area contributed by atoms with E-state index >= 15 is 0 Å². The van der Waals surface area contributed by atoms with Gasteiger partial charge in [0.2, 0.25) is 0 Å². The number of hydrogen-bond acceptors (Lipinski definition) is 2. The highest BCUT2D eigenvalue weighted by atomic mass is 15.0. The molecule has 3 aromatic heterocycles. The molecule has 3 heterocycles. The minimum Gasteiger partial charge on any atom is -0.309 e. The summed E-state index contributed by atoms with van der Waals surface area (Å²) in [5, 5.41) is 15.4.